The number of hydrogen-bond acceptors (Lipinski definition) is 9. The second kappa shape index (κ2) is 19.3. The van der Waals surface area contributed by atoms with Crippen LogP contribution < -0.4 is 10.6 Å². The molecule has 0 radical (unpaired) electrons. The second-order valence-electron chi connectivity index (χ2n) is 9.60. The Labute approximate surface area is 255 Å². The summed E-state index contributed by atoms with van der Waals surface area (Å²) < 4.78 is 16.1. The number of benzene rings is 3. The van der Waals surface area contributed by atoms with E-state index < -0.39 is 30.2 Å². The standard InChI is InChI=1S/C32H37N3O9/c36-29(37)16-18-33-31(39)42-23-28(41-22-27-14-8-3-9-15-27)24-43-32(40)34-19-17-30(38)44-35(20-25-10-4-1-5-11-25)21-26-12-6-2-7-13-26/h1-15,28H,16-24H2,(H,33,39)(H,34,40)(H,36,37). The molecule has 0 aliphatic carbocycles. The van der Waals surface area contributed by atoms with Crippen LogP contribution in [0.5, 0.6) is 0 Å². The fraction of sp³-hybridized carbons (Fsp3) is 0.312. The molecule has 44 heavy (non-hydrogen) atoms. The van der Waals surface area contributed by atoms with Crippen molar-refractivity contribution in [3.63, 3.8) is 0 Å². The molecule has 0 saturated carbocycles. The molecule has 1 atom stereocenters. The Bertz CT molecular complexity index is 1250. The third-order valence-electron chi connectivity index (χ3n) is 5.97. The molecule has 3 N–H and O–H groups in total. The highest BCUT2D eigenvalue weighted by Crippen LogP contribution is 2.11. The lowest BCUT2D eigenvalue weighted by Crippen LogP contribution is -2.35. The molecule has 0 aliphatic rings. The number of hydrogen-bond donors (Lipinski definition) is 3. The van der Waals surface area contributed by atoms with Crippen LogP contribution >= 0.6 is 0 Å². The normalized spacial score (nSPS) is 11.3. The SMILES string of the molecule is O=C(O)CCNC(=O)OCC(COC(=O)NCCC(=O)ON(Cc1ccccc1)Cc1ccccc1)OCc1ccccc1. The van der Waals surface area contributed by atoms with E-state index in [-0.39, 0.29) is 45.8 Å². The summed E-state index contributed by atoms with van der Waals surface area (Å²) in [4.78, 5) is 53.0. The summed E-state index contributed by atoms with van der Waals surface area (Å²) in [6, 6.07) is 28.5. The highest BCUT2D eigenvalue weighted by Gasteiger charge is 2.18. The van der Waals surface area contributed by atoms with Gasteiger partial charge in [-0.05, 0) is 16.7 Å². The molecule has 0 saturated heterocycles. The van der Waals surface area contributed by atoms with E-state index in [2.05, 4.69) is 10.6 Å². The number of carboxylic acid groups (broad SMARTS) is 1. The Hall–Kier alpha value is -4.94. The first-order valence-corrected chi connectivity index (χ1v) is 14.1. The summed E-state index contributed by atoms with van der Waals surface area (Å²) in [7, 11) is 0. The molecule has 3 aromatic carbocycles. The van der Waals surface area contributed by atoms with Crippen molar-refractivity contribution in [1.82, 2.24) is 15.7 Å². The van der Waals surface area contributed by atoms with E-state index in [4.69, 9.17) is 24.2 Å². The van der Waals surface area contributed by atoms with E-state index in [0.29, 0.717) is 13.1 Å². The van der Waals surface area contributed by atoms with Crippen molar-refractivity contribution < 1.29 is 43.3 Å². The molecule has 0 aliphatic heterocycles. The first-order valence-electron chi connectivity index (χ1n) is 14.1. The first kappa shape index (κ1) is 33.6. The van der Waals surface area contributed by atoms with Crippen molar-refractivity contribution in [2.75, 3.05) is 26.3 Å². The molecule has 12 heteroatoms. The number of carboxylic acids is 1. The number of ether oxygens (including phenoxy) is 3. The minimum atomic E-state index is -1.06. The lowest BCUT2D eigenvalue weighted by Gasteiger charge is -2.21. The van der Waals surface area contributed by atoms with Gasteiger partial charge in [0.2, 0.25) is 0 Å². The Morgan fingerprint density at radius 3 is 1.59 bits per heavy atom. The number of rotatable bonds is 18. The topological polar surface area (TPSA) is 153 Å². The third-order valence-corrected chi connectivity index (χ3v) is 5.97. The summed E-state index contributed by atoms with van der Waals surface area (Å²) in [5, 5.41) is 15.1. The largest absolute Gasteiger partial charge is 0.481 e. The monoisotopic (exact) mass is 607 g/mol. The van der Waals surface area contributed by atoms with Crippen LogP contribution in [-0.4, -0.2) is 66.7 Å². The molecule has 0 bridgehead atoms. The van der Waals surface area contributed by atoms with Gasteiger partial charge in [0, 0.05) is 13.1 Å². The number of aliphatic carboxylic acids is 1. The van der Waals surface area contributed by atoms with Crippen LogP contribution in [0.2, 0.25) is 0 Å². The van der Waals surface area contributed by atoms with Crippen LogP contribution in [0.4, 0.5) is 9.59 Å². The smallest absolute Gasteiger partial charge is 0.407 e. The van der Waals surface area contributed by atoms with Gasteiger partial charge in [-0.1, -0.05) is 91.0 Å². The number of amides is 2. The van der Waals surface area contributed by atoms with E-state index in [1.165, 1.54) is 0 Å². The van der Waals surface area contributed by atoms with E-state index in [1.807, 2.05) is 91.0 Å². The highest BCUT2D eigenvalue weighted by atomic mass is 16.7. The fourth-order valence-electron chi connectivity index (χ4n) is 3.79. The lowest BCUT2D eigenvalue weighted by atomic mass is 10.2. The summed E-state index contributed by atoms with van der Waals surface area (Å²) in [6.45, 7) is 0.343. The zero-order valence-corrected chi connectivity index (χ0v) is 24.3. The minimum Gasteiger partial charge on any atom is -0.481 e. The first-order chi connectivity index (χ1) is 21.4. The molecule has 1 unspecified atom stereocenters. The van der Waals surface area contributed by atoms with Gasteiger partial charge >= 0.3 is 24.1 Å². The minimum absolute atomic E-state index is 0.0276. The molecule has 0 heterocycles. The summed E-state index contributed by atoms with van der Waals surface area (Å²) in [6.07, 6.45) is -2.76. The second-order valence-corrected chi connectivity index (χ2v) is 9.60. The van der Waals surface area contributed by atoms with Gasteiger partial charge in [0.25, 0.3) is 0 Å². The van der Waals surface area contributed by atoms with Crippen LogP contribution in [0.15, 0.2) is 91.0 Å². The lowest BCUT2D eigenvalue weighted by molar-refractivity contribution is -0.196. The molecule has 3 rings (SSSR count). The van der Waals surface area contributed by atoms with Crippen molar-refractivity contribution >= 4 is 24.1 Å². The van der Waals surface area contributed by atoms with E-state index in [1.54, 1.807) is 5.06 Å². The zero-order chi connectivity index (χ0) is 31.4. The average molecular weight is 608 g/mol. The number of hydroxylamine groups is 2. The number of carbonyl (C=O) groups excluding carboxylic acids is 3. The molecule has 2 amide bonds. The molecule has 0 fully saturated rings. The van der Waals surface area contributed by atoms with Crippen LogP contribution in [0.3, 0.4) is 0 Å². The Morgan fingerprint density at radius 1 is 0.659 bits per heavy atom. The van der Waals surface area contributed by atoms with Gasteiger partial charge in [-0.25, -0.2) is 9.59 Å². The number of carbonyl (C=O) groups is 4. The van der Waals surface area contributed by atoms with Crippen molar-refractivity contribution in [3.8, 4) is 0 Å². The van der Waals surface area contributed by atoms with Crippen LogP contribution in [0.1, 0.15) is 29.5 Å². The van der Waals surface area contributed by atoms with Crippen molar-refractivity contribution in [2.24, 2.45) is 0 Å². The molecular formula is C32H37N3O9. The van der Waals surface area contributed by atoms with Crippen LogP contribution in [0, 0.1) is 0 Å². The molecule has 3 aromatic rings. The molecule has 0 aromatic heterocycles. The quantitative estimate of drug-likeness (QED) is 0.181. The number of nitrogens with one attached hydrogen (secondary N) is 2. The highest BCUT2D eigenvalue weighted by molar-refractivity contribution is 5.72. The van der Waals surface area contributed by atoms with Gasteiger partial charge in [-0.2, -0.15) is 0 Å². The van der Waals surface area contributed by atoms with Crippen LogP contribution in [0.25, 0.3) is 0 Å². The predicted octanol–water partition coefficient (Wildman–Crippen LogP) is 4.05. The van der Waals surface area contributed by atoms with Crippen molar-refractivity contribution in [3.05, 3.63) is 108 Å². The predicted molar refractivity (Wildman–Crippen MR) is 159 cm³/mol. The van der Waals surface area contributed by atoms with E-state index in [0.717, 1.165) is 16.7 Å². The maximum atomic E-state index is 12.6. The summed E-state index contributed by atoms with van der Waals surface area (Å²) in [5.74, 6) is -1.58. The maximum absolute atomic E-state index is 12.6. The summed E-state index contributed by atoms with van der Waals surface area (Å²) in [5.41, 5.74) is 2.81. The Balaban J connectivity index is 1.43. The van der Waals surface area contributed by atoms with Gasteiger partial charge in [0.15, 0.2) is 0 Å². The Kier molecular flexibility index (Phi) is 14.7. The molecule has 12 nitrogen and oxygen atoms in total. The van der Waals surface area contributed by atoms with Gasteiger partial charge in [0.05, 0.1) is 32.5 Å². The van der Waals surface area contributed by atoms with Gasteiger partial charge in [-0.3, -0.25) is 9.59 Å². The van der Waals surface area contributed by atoms with Gasteiger partial charge < -0.3 is 34.8 Å². The van der Waals surface area contributed by atoms with E-state index in [9.17, 15) is 19.2 Å². The molecule has 234 valence electrons. The summed E-state index contributed by atoms with van der Waals surface area (Å²) >= 11 is 0. The van der Waals surface area contributed by atoms with Gasteiger partial charge in [-0.15, -0.1) is 5.06 Å². The third kappa shape index (κ3) is 14.3. The van der Waals surface area contributed by atoms with E-state index >= 15 is 0 Å². The zero-order valence-electron chi connectivity index (χ0n) is 24.3. The Morgan fingerprint density at radius 2 is 1.11 bits per heavy atom. The average Bonchev–Trinajstić information content (AvgIpc) is 3.02. The molecular weight excluding hydrogens is 570 g/mol. The fourth-order valence-corrected chi connectivity index (χ4v) is 3.79. The van der Waals surface area contributed by atoms with Crippen LogP contribution in [-0.2, 0) is 48.3 Å². The number of alkyl carbamates (subject to hydrolysis) is 2. The van der Waals surface area contributed by atoms with Gasteiger partial charge in [0.1, 0.15) is 19.3 Å². The van der Waals surface area contributed by atoms with Crippen molar-refractivity contribution in [2.45, 2.75) is 38.6 Å². The van der Waals surface area contributed by atoms with Crippen molar-refractivity contribution in [1.29, 1.82) is 0 Å². The number of nitrogens with zero attached hydrogens (tertiary/aromatic N) is 1. The maximum Gasteiger partial charge on any atom is 0.407 e. The molecule has 0 spiro atoms.